The number of anilines is 1. The van der Waals surface area contributed by atoms with Crippen molar-refractivity contribution in [2.24, 2.45) is 0 Å². The fourth-order valence-electron chi connectivity index (χ4n) is 4.70. The largest absolute Gasteiger partial charge is 0.494 e. The summed E-state index contributed by atoms with van der Waals surface area (Å²) in [5.74, 6) is 2.88. The van der Waals surface area contributed by atoms with Crippen molar-refractivity contribution in [1.82, 2.24) is 0 Å². The average Bonchev–Trinajstić information content (AvgIpc) is 3.23. The number of hydrogen-bond acceptors (Lipinski definition) is 7. The highest BCUT2D eigenvalue weighted by molar-refractivity contribution is 7.99. The number of thioether (sulfide) groups is 1. The highest BCUT2D eigenvalue weighted by Crippen LogP contribution is 2.50. The third-order valence-electron chi connectivity index (χ3n) is 6.40. The lowest BCUT2D eigenvalue weighted by molar-refractivity contribution is 0.323. The molecule has 0 saturated carbocycles. The summed E-state index contributed by atoms with van der Waals surface area (Å²) in [4.78, 5) is 5.09. The van der Waals surface area contributed by atoms with E-state index in [1.54, 1.807) is 21.3 Å². The second kappa shape index (κ2) is 10.9. The Morgan fingerprint density at radius 2 is 1.69 bits per heavy atom. The third-order valence-corrected chi connectivity index (χ3v) is 8.87. The van der Waals surface area contributed by atoms with Crippen LogP contribution in [0.3, 0.4) is 0 Å². The maximum absolute atomic E-state index is 5.86. The lowest BCUT2D eigenvalue weighted by Gasteiger charge is -2.24. The fourth-order valence-corrected chi connectivity index (χ4v) is 7.09. The molecule has 5 rings (SSSR count). The molecule has 0 amide bonds. The van der Waals surface area contributed by atoms with E-state index in [9.17, 15) is 0 Å². The molecule has 0 N–H and O–H groups in total. The minimum absolute atomic E-state index is 0.224. The van der Waals surface area contributed by atoms with Crippen LogP contribution in [0.2, 0.25) is 0 Å². The van der Waals surface area contributed by atoms with E-state index in [0.717, 1.165) is 30.8 Å². The predicted octanol–water partition coefficient (Wildman–Crippen LogP) is 7.57. The number of ether oxygens (including phenoxy) is 4. The Balaban J connectivity index is 1.51. The van der Waals surface area contributed by atoms with Crippen molar-refractivity contribution in [2.75, 3.05) is 39.4 Å². The van der Waals surface area contributed by atoms with Crippen molar-refractivity contribution >= 4 is 38.9 Å². The van der Waals surface area contributed by atoms with Gasteiger partial charge in [-0.25, -0.2) is 0 Å². The zero-order chi connectivity index (χ0) is 25.1. The average molecular weight is 522 g/mol. The number of benzene rings is 3. The summed E-state index contributed by atoms with van der Waals surface area (Å²) < 4.78 is 24.0. The maximum Gasteiger partial charge on any atom is 0.203 e. The van der Waals surface area contributed by atoms with Crippen LogP contribution in [-0.4, -0.2) is 34.5 Å². The minimum atomic E-state index is 0.224. The van der Waals surface area contributed by atoms with Gasteiger partial charge in [-0.1, -0.05) is 18.2 Å². The van der Waals surface area contributed by atoms with Gasteiger partial charge in [0.25, 0.3) is 0 Å². The van der Waals surface area contributed by atoms with E-state index < -0.39 is 0 Å². The highest BCUT2D eigenvalue weighted by atomic mass is 32.2. The Bertz CT molecular complexity index is 1290. The van der Waals surface area contributed by atoms with Crippen LogP contribution < -0.4 is 23.8 Å². The molecular formula is C29H31NO4S2. The fraction of sp³-hybridized carbons (Fsp3) is 0.310. The van der Waals surface area contributed by atoms with Gasteiger partial charge >= 0.3 is 0 Å². The lowest BCUT2D eigenvalue weighted by atomic mass is 10.1. The Morgan fingerprint density at radius 1 is 0.917 bits per heavy atom. The molecule has 1 aliphatic rings. The summed E-state index contributed by atoms with van der Waals surface area (Å²) in [6, 6.07) is 21.5. The maximum atomic E-state index is 5.86. The summed E-state index contributed by atoms with van der Waals surface area (Å²) in [5.41, 5.74) is 2.40. The van der Waals surface area contributed by atoms with Crippen LogP contribution in [0.5, 0.6) is 23.0 Å². The van der Waals surface area contributed by atoms with E-state index in [2.05, 4.69) is 65.6 Å². The molecule has 1 unspecified atom stereocenters. The molecule has 3 aromatic carbocycles. The SMILES string of the molecule is CCOc1ccc2c(c1)SC(c1cc(OC)c(OC)c(OC)c1)CCN2Cc1cc2ccccc2s1. The predicted molar refractivity (Wildman–Crippen MR) is 150 cm³/mol. The van der Waals surface area contributed by atoms with Gasteiger partial charge in [0, 0.05) is 26.3 Å². The Labute approximate surface area is 220 Å². The van der Waals surface area contributed by atoms with Crippen molar-refractivity contribution < 1.29 is 18.9 Å². The van der Waals surface area contributed by atoms with E-state index in [4.69, 9.17) is 18.9 Å². The molecule has 36 heavy (non-hydrogen) atoms. The standard InChI is InChI=1S/C29H31NO4S2/c1-5-34-21-10-11-23-28(17-21)36-27(20-15-24(31-2)29(33-4)25(16-20)32-3)12-13-30(23)18-22-14-19-8-6-7-9-26(19)35-22/h6-11,14-17,27H,5,12-13,18H2,1-4H3. The first-order chi connectivity index (χ1) is 17.6. The highest BCUT2D eigenvalue weighted by Gasteiger charge is 2.26. The van der Waals surface area contributed by atoms with E-state index >= 15 is 0 Å². The van der Waals surface area contributed by atoms with Gasteiger partial charge in [0.15, 0.2) is 11.5 Å². The first-order valence-electron chi connectivity index (χ1n) is 12.1. The Hall–Kier alpha value is -3.03. The van der Waals surface area contributed by atoms with Crippen molar-refractivity contribution in [1.29, 1.82) is 0 Å². The van der Waals surface area contributed by atoms with E-state index in [-0.39, 0.29) is 5.25 Å². The molecule has 1 aromatic heterocycles. The summed E-state index contributed by atoms with van der Waals surface area (Å²) in [7, 11) is 4.97. The van der Waals surface area contributed by atoms with Crippen LogP contribution in [0, 0.1) is 0 Å². The minimum Gasteiger partial charge on any atom is -0.494 e. The molecule has 1 atom stereocenters. The van der Waals surface area contributed by atoms with Crippen LogP contribution in [0.15, 0.2) is 65.6 Å². The van der Waals surface area contributed by atoms with E-state index in [1.807, 2.05) is 30.0 Å². The van der Waals surface area contributed by atoms with Crippen LogP contribution in [0.25, 0.3) is 10.1 Å². The van der Waals surface area contributed by atoms with Crippen molar-refractivity contribution in [2.45, 2.75) is 30.0 Å². The lowest BCUT2D eigenvalue weighted by Crippen LogP contribution is -2.23. The van der Waals surface area contributed by atoms with E-state index in [1.165, 1.54) is 25.5 Å². The monoisotopic (exact) mass is 521 g/mol. The molecule has 7 heteroatoms. The molecule has 0 spiro atoms. The first-order valence-corrected chi connectivity index (χ1v) is 13.8. The summed E-state index contributed by atoms with van der Waals surface area (Å²) in [6.07, 6.45) is 0.979. The number of thiophene rings is 1. The van der Waals surface area contributed by atoms with Gasteiger partial charge in [0.1, 0.15) is 5.75 Å². The second-order valence-corrected chi connectivity index (χ2v) is 11.0. The summed E-state index contributed by atoms with van der Waals surface area (Å²) in [5, 5.41) is 1.53. The number of nitrogens with zero attached hydrogens (tertiary/aromatic N) is 1. The zero-order valence-corrected chi connectivity index (χ0v) is 22.7. The molecule has 0 radical (unpaired) electrons. The van der Waals surface area contributed by atoms with Gasteiger partial charge in [-0.05, 0) is 66.8 Å². The van der Waals surface area contributed by atoms with Crippen molar-refractivity contribution in [3.63, 3.8) is 0 Å². The summed E-state index contributed by atoms with van der Waals surface area (Å²) in [6.45, 7) is 4.48. The molecule has 5 nitrogen and oxygen atoms in total. The molecule has 0 saturated heterocycles. The van der Waals surface area contributed by atoms with Gasteiger partial charge in [-0.3, -0.25) is 0 Å². The first kappa shape index (κ1) is 24.7. The summed E-state index contributed by atoms with van der Waals surface area (Å²) >= 11 is 3.75. The normalized spacial score (nSPS) is 15.3. The number of methoxy groups -OCH3 is 3. The molecular weight excluding hydrogens is 490 g/mol. The molecule has 4 aromatic rings. The molecule has 188 valence electrons. The van der Waals surface area contributed by atoms with E-state index in [0.29, 0.717) is 23.9 Å². The number of rotatable bonds is 8. The van der Waals surface area contributed by atoms with Gasteiger partial charge < -0.3 is 23.8 Å². The van der Waals surface area contributed by atoms with Gasteiger partial charge in [0.2, 0.25) is 5.75 Å². The van der Waals surface area contributed by atoms with Crippen molar-refractivity contribution in [3.05, 3.63) is 71.1 Å². The Kier molecular flexibility index (Phi) is 7.48. The van der Waals surface area contributed by atoms with Crippen LogP contribution in [-0.2, 0) is 6.54 Å². The molecule has 0 bridgehead atoms. The Morgan fingerprint density at radius 3 is 2.39 bits per heavy atom. The second-order valence-electron chi connectivity index (χ2n) is 8.59. The quantitative estimate of drug-likeness (QED) is 0.238. The zero-order valence-electron chi connectivity index (χ0n) is 21.1. The topological polar surface area (TPSA) is 40.2 Å². The van der Waals surface area contributed by atoms with Crippen LogP contribution in [0.4, 0.5) is 5.69 Å². The number of hydrogen-bond donors (Lipinski definition) is 0. The van der Waals surface area contributed by atoms with Crippen molar-refractivity contribution in [3.8, 4) is 23.0 Å². The third kappa shape index (κ3) is 4.95. The van der Waals surface area contributed by atoms with Gasteiger partial charge in [-0.15, -0.1) is 23.1 Å². The molecule has 2 heterocycles. The van der Waals surface area contributed by atoms with Gasteiger partial charge in [0.05, 0.1) is 40.2 Å². The molecule has 1 aliphatic heterocycles. The van der Waals surface area contributed by atoms with Crippen LogP contribution in [0.1, 0.15) is 29.0 Å². The molecule has 0 fully saturated rings. The molecule has 0 aliphatic carbocycles. The number of fused-ring (bicyclic) bond motifs is 2. The van der Waals surface area contributed by atoms with Crippen LogP contribution >= 0.6 is 23.1 Å². The van der Waals surface area contributed by atoms with Gasteiger partial charge in [-0.2, -0.15) is 0 Å². The smallest absolute Gasteiger partial charge is 0.203 e.